The molecule has 234 valence electrons. The summed E-state index contributed by atoms with van der Waals surface area (Å²) in [6, 6.07) is 20.6. The van der Waals surface area contributed by atoms with Crippen LogP contribution in [0.25, 0.3) is 20.5 Å². The van der Waals surface area contributed by atoms with E-state index in [1.807, 2.05) is 6.07 Å². The average Bonchev–Trinajstić information content (AvgIpc) is 3.40. The molecule has 0 aliphatic heterocycles. The molecule has 2 N–H and O–H groups in total. The lowest BCUT2D eigenvalue weighted by Gasteiger charge is -2.09. The number of carboxylic acid groups (broad SMARTS) is 1. The molecule has 0 saturated carbocycles. The molecule has 0 aliphatic rings. The van der Waals surface area contributed by atoms with Gasteiger partial charge in [-0.15, -0.1) is 11.3 Å². The fourth-order valence-corrected chi connectivity index (χ4v) is 5.75. The topological polar surface area (TPSA) is 121 Å². The van der Waals surface area contributed by atoms with Crippen LogP contribution in [0.2, 0.25) is 0 Å². The third kappa shape index (κ3) is 9.87. The number of carbonyl (C=O) groups is 2. The molecule has 0 saturated heterocycles. The maximum Gasteiger partial charge on any atom is 0.329 e. The van der Waals surface area contributed by atoms with Crippen LogP contribution in [0.15, 0.2) is 66.7 Å². The molecule has 3 aromatic carbocycles. The van der Waals surface area contributed by atoms with E-state index in [1.165, 1.54) is 16.9 Å². The lowest BCUT2D eigenvalue weighted by Crippen LogP contribution is -2.15. The van der Waals surface area contributed by atoms with Gasteiger partial charge in [-0.1, -0.05) is 37.6 Å². The summed E-state index contributed by atoms with van der Waals surface area (Å²) < 4.78 is 27.7. The van der Waals surface area contributed by atoms with E-state index in [2.05, 4.69) is 31.2 Å². The molecule has 0 unspecified atom stereocenters. The van der Waals surface area contributed by atoms with E-state index in [1.54, 1.807) is 36.4 Å². The van der Waals surface area contributed by atoms with Gasteiger partial charge in [0, 0.05) is 26.1 Å². The zero-order valence-corrected chi connectivity index (χ0v) is 25.6. The fraction of sp³-hybridized carbons (Fsp3) is 0.353. The SMILES string of the molecule is CCCc1ccc(-c2sc3cc(O)ccc3c2C(=O)c2ccc(OCCOCCOCCOCCOCC(=O)O)cc2)cc1. The van der Waals surface area contributed by atoms with Crippen LogP contribution in [0.1, 0.15) is 34.8 Å². The molecule has 4 aromatic rings. The summed E-state index contributed by atoms with van der Waals surface area (Å²) in [6.07, 6.45) is 2.08. The van der Waals surface area contributed by atoms with E-state index >= 15 is 0 Å². The van der Waals surface area contributed by atoms with Crippen LogP contribution in [0.3, 0.4) is 0 Å². The minimum atomic E-state index is -1.01. The maximum absolute atomic E-state index is 13.8. The lowest BCUT2D eigenvalue weighted by molar-refractivity contribution is -0.142. The summed E-state index contributed by atoms with van der Waals surface area (Å²) in [5.74, 6) is -0.280. The van der Waals surface area contributed by atoms with Crippen molar-refractivity contribution in [1.29, 1.82) is 0 Å². The van der Waals surface area contributed by atoms with Crippen LogP contribution >= 0.6 is 11.3 Å². The second-order valence-corrected chi connectivity index (χ2v) is 11.0. The molecule has 0 atom stereocenters. The van der Waals surface area contributed by atoms with Gasteiger partial charge in [-0.25, -0.2) is 4.79 Å². The summed E-state index contributed by atoms with van der Waals surface area (Å²) >= 11 is 1.51. The Hall–Kier alpha value is -3.80. The molecule has 4 rings (SSSR count). The highest BCUT2D eigenvalue weighted by atomic mass is 32.1. The Labute approximate surface area is 260 Å². The Morgan fingerprint density at radius 1 is 0.750 bits per heavy atom. The Morgan fingerprint density at radius 2 is 1.36 bits per heavy atom. The van der Waals surface area contributed by atoms with E-state index < -0.39 is 5.97 Å². The number of hydrogen-bond donors (Lipinski definition) is 2. The van der Waals surface area contributed by atoms with Crippen LogP contribution in [0.5, 0.6) is 11.5 Å². The summed E-state index contributed by atoms with van der Waals surface area (Å²) in [6.45, 7) is 4.71. The number of thiophene rings is 1. The predicted octanol–water partition coefficient (Wildman–Crippen LogP) is 5.99. The fourth-order valence-electron chi connectivity index (χ4n) is 4.51. The summed E-state index contributed by atoms with van der Waals surface area (Å²) in [4.78, 5) is 25.0. The number of ether oxygens (including phenoxy) is 5. The highest BCUT2D eigenvalue weighted by molar-refractivity contribution is 7.22. The zero-order chi connectivity index (χ0) is 31.1. The van der Waals surface area contributed by atoms with Gasteiger partial charge in [0.15, 0.2) is 5.78 Å². The van der Waals surface area contributed by atoms with Gasteiger partial charge in [-0.2, -0.15) is 0 Å². The van der Waals surface area contributed by atoms with Crippen molar-refractivity contribution in [2.75, 3.05) is 59.5 Å². The van der Waals surface area contributed by atoms with E-state index in [9.17, 15) is 14.7 Å². The number of phenolic OH excluding ortho intramolecular Hbond substituents is 1. The van der Waals surface area contributed by atoms with Gasteiger partial charge < -0.3 is 33.9 Å². The first-order valence-electron chi connectivity index (χ1n) is 14.6. The van der Waals surface area contributed by atoms with Crippen molar-refractivity contribution in [2.24, 2.45) is 0 Å². The number of hydrogen-bond acceptors (Lipinski definition) is 9. The van der Waals surface area contributed by atoms with E-state index in [-0.39, 0.29) is 24.7 Å². The Balaban J connectivity index is 1.24. The normalized spacial score (nSPS) is 11.2. The minimum absolute atomic E-state index is 0.0821. The van der Waals surface area contributed by atoms with Crippen molar-refractivity contribution in [3.8, 4) is 21.9 Å². The van der Waals surface area contributed by atoms with Gasteiger partial charge in [0.25, 0.3) is 0 Å². The van der Waals surface area contributed by atoms with E-state index in [4.69, 9.17) is 28.8 Å². The molecule has 44 heavy (non-hydrogen) atoms. The van der Waals surface area contributed by atoms with Crippen LogP contribution in [0, 0.1) is 0 Å². The number of aliphatic carboxylic acids is 1. The predicted molar refractivity (Wildman–Crippen MR) is 169 cm³/mol. The quantitative estimate of drug-likeness (QED) is 0.0905. The number of rotatable bonds is 20. The number of ketones is 1. The third-order valence-corrected chi connectivity index (χ3v) is 7.81. The zero-order valence-electron chi connectivity index (χ0n) is 24.8. The molecule has 0 fully saturated rings. The summed E-state index contributed by atoms with van der Waals surface area (Å²) in [5, 5.41) is 19.4. The van der Waals surface area contributed by atoms with Crippen LogP contribution < -0.4 is 4.74 Å². The second kappa shape index (κ2) is 17.5. The molecule has 10 heteroatoms. The average molecular weight is 623 g/mol. The number of phenols is 1. The molecule has 9 nitrogen and oxygen atoms in total. The van der Waals surface area contributed by atoms with Gasteiger partial charge in [-0.05, 0) is 60.0 Å². The Bertz CT molecular complexity index is 1480. The molecule has 1 heterocycles. The molecular weight excluding hydrogens is 584 g/mol. The van der Waals surface area contributed by atoms with Crippen molar-refractivity contribution < 1.29 is 43.5 Å². The molecule has 1 aromatic heterocycles. The van der Waals surface area contributed by atoms with Crippen molar-refractivity contribution in [1.82, 2.24) is 0 Å². The van der Waals surface area contributed by atoms with Gasteiger partial charge >= 0.3 is 5.97 Å². The molecule has 0 amide bonds. The van der Waals surface area contributed by atoms with Gasteiger partial charge in [0.05, 0.1) is 46.2 Å². The van der Waals surface area contributed by atoms with Crippen LogP contribution in [-0.4, -0.2) is 81.4 Å². The number of aryl methyl sites for hydroxylation is 1. The molecule has 0 bridgehead atoms. The van der Waals surface area contributed by atoms with Crippen LogP contribution in [-0.2, 0) is 30.2 Å². The largest absolute Gasteiger partial charge is 0.508 e. The highest BCUT2D eigenvalue weighted by Crippen LogP contribution is 2.41. The maximum atomic E-state index is 13.8. The summed E-state index contributed by atoms with van der Waals surface area (Å²) in [7, 11) is 0. The van der Waals surface area contributed by atoms with Crippen molar-refractivity contribution in [2.45, 2.75) is 19.8 Å². The highest BCUT2D eigenvalue weighted by Gasteiger charge is 2.22. The minimum Gasteiger partial charge on any atom is -0.508 e. The van der Waals surface area contributed by atoms with E-state index in [0.717, 1.165) is 33.4 Å². The van der Waals surface area contributed by atoms with Crippen molar-refractivity contribution >= 4 is 33.2 Å². The molecule has 0 radical (unpaired) electrons. The number of carboxylic acids is 1. The Kier molecular flexibility index (Phi) is 13.2. The smallest absolute Gasteiger partial charge is 0.329 e. The lowest BCUT2D eigenvalue weighted by atomic mass is 9.97. The summed E-state index contributed by atoms with van der Waals surface area (Å²) in [5.41, 5.74) is 3.43. The first-order valence-corrected chi connectivity index (χ1v) is 15.4. The van der Waals surface area contributed by atoms with Gasteiger partial charge in [0.2, 0.25) is 0 Å². The van der Waals surface area contributed by atoms with Crippen LogP contribution in [0.4, 0.5) is 0 Å². The van der Waals surface area contributed by atoms with Gasteiger partial charge in [-0.3, -0.25) is 4.79 Å². The molecular formula is C34H38O9S. The van der Waals surface area contributed by atoms with E-state index in [0.29, 0.717) is 63.1 Å². The second-order valence-electron chi connectivity index (χ2n) is 9.92. The van der Waals surface area contributed by atoms with Crippen molar-refractivity contribution in [3.63, 3.8) is 0 Å². The number of benzene rings is 3. The molecule has 0 aliphatic carbocycles. The first-order chi connectivity index (χ1) is 21.5. The number of carbonyl (C=O) groups excluding carboxylic acids is 1. The van der Waals surface area contributed by atoms with Crippen molar-refractivity contribution in [3.05, 3.63) is 83.4 Å². The number of fused-ring (bicyclic) bond motifs is 1. The first kappa shape index (κ1) is 33.1. The van der Waals surface area contributed by atoms with Gasteiger partial charge in [0.1, 0.15) is 24.7 Å². The monoisotopic (exact) mass is 622 g/mol. The Morgan fingerprint density at radius 3 is 1.98 bits per heavy atom. The molecule has 0 spiro atoms. The third-order valence-electron chi connectivity index (χ3n) is 6.61. The number of aromatic hydroxyl groups is 1. The standard InChI is InChI=1S/C34H38O9S/c1-2-3-24-4-6-26(7-5-24)34-32(29-13-10-27(35)22-30(29)44-34)33(38)25-8-11-28(12-9-25)43-21-20-41-17-16-39-14-15-40-18-19-42-23-31(36)37/h4-13,22,35H,2-3,14-21,23H2,1H3,(H,36,37).